The topological polar surface area (TPSA) is 77.2 Å². The van der Waals surface area contributed by atoms with Crippen molar-refractivity contribution in [2.45, 2.75) is 52.7 Å². The highest BCUT2D eigenvalue weighted by Crippen LogP contribution is 2.17. The van der Waals surface area contributed by atoms with Crippen molar-refractivity contribution >= 4 is 6.09 Å². The molecular formula is C11H19N3O3. The van der Waals surface area contributed by atoms with Gasteiger partial charge in [0.2, 0.25) is 5.89 Å². The molecule has 0 saturated heterocycles. The molecule has 1 aromatic rings. The molecule has 0 saturated carbocycles. The van der Waals surface area contributed by atoms with Gasteiger partial charge in [0.25, 0.3) is 0 Å². The minimum atomic E-state index is -0.736. The van der Waals surface area contributed by atoms with E-state index in [2.05, 4.69) is 15.5 Å². The normalized spacial score (nSPS) is 12.4. The Bertz CT molecular complexity index is 404. The maximum atomic E-state index is 11.6. The fourth-order valence-corrected chi connectivity index (χ4v) is 1.17. The quantitative estimate of drug-likeness (QED) is 0.858. The van der Waals surface area contributed by atoms with Gasteiger partial charge in [-0.05, 0) is 34.6 Å². The van der Waals surface area contributed by atoms with E-state index in [-0.39, 0.29) is 0 Å². The molecule has 0 unspecified atom stereocenters. The maximum absolute atomic E-state index is 11.6. The summed E-state index contributed by atoms with van der Waals surface area (Å²) in [6.07, 6.45) is -0.509. The Hall–Kier alpha value is -1.59. The highest BCUT2D eigenvalue weighted by molar-refractivity contribution is 5.68. The van der Waals surface area contributed by atoms with Crippen molar-refractivity contribution in [1.29, 1.82) is 0 Å². The highest BCUT2D eigenvalue weighted by atomic mass is 16.6. The van der Waals surface area contributed by atoms with Crippen LogP contribution in [0.4, 0.5) is 4.79 Å². The van der Waals surface area contributed by atoms with Gasteiger partial charge in [-0.1, -0.05) is 5.16 Å². The molecule has 1 rings (SSSR count). The van der Waals surface area contributed by atoms with Crippen LogP contribution < -0.4 is 5.32 Å². The number of amides is 1. The van der Waals surface area contributed by atoms with Gasteiger partial charge >= 0.3 is 6.09 Å². The first-order valence-electron chi connectivity index (χ1n) is 5.42. The second-order valence-corrected chi connectivity index (χ2v) is 5.39. The predicted molar refractivity (Wildman–Crippen MR) is 61.4 cm³/mol. The van der Waals surface area contributed by atoms with Crippen LogP contribution in [-0.2, 0) is 10.3 Å². The fourth-order valence-electron chi connectivity index (χ4n) is 1.17. The van der Waals surface area contributed by atoms with E-state index in [1.807, 2.05) is 0 Å². The summed E-state index contributed by atoms with van der Waals surface area (Å²) >= 11 is 0. The number of hydrogen-bond donors (Lipinski definition) is 1. The lowest BCUT2D eigenvalue weighted by Crippen LogP contribution is -2.44. The number of ether oxygens (including phenoxy) is 1. The van der Waals surface area contributed by atoms with Gasteiger partial charge in [-0.15, -0.1) is 0 Å². The number of nitrogens with zero attached hydrogens (tertiary/aromatic N) is 2. The zero-order valence-electron chi connectivity index (χ0n) is 11.1. The zero-order chi connectivity index (χ0) is 13.3. The standard InChI is InChI=1S/C11H19N3O3/c1-7-12-8(14-17-7)11(5,6)13-9(15)16-10(2,3)4/h1-6H3,(H,13,15). The number of aryl methyl sites for hydroxylation is 1. The van der Waals surface area contributed by atoms with Crippen LogP contribution in [0.5, 0.6) is 0 Å². The lowest BCUT2D eigenvalue weighted by Gasteiger charge is -2.26. The average molecular weight is 241 g/mol. The first kappa shape index (κ1) is 13.5. The Balaban J connectivity index is 2.70. The van der Waals surface area contributed by atoms with Gasteiger partial charge in [-0.2, -0.15) is 4.98 Å². The molecule has 1 N–H and O–H groups in total. The van der Waals surface area contributed by atoms with Crippen LogP contribution >= 0.6 is 0 Å². The lowest BCUT2D eigenvalue weighted by atomic mass is 10.1. The molecule has 0 spiro atoms. The van der Waals surface area contributed by atoms with Gasteiger partial charge in [-0.25, -0.2) is 4.79 Å². The average Bonchev–Trinajstić information content (AvgIpc) is 2.46. The van der Waals surface area contributed by atoms with E-state index < -0.39 is 17.2 Å². The Labute approximate surface area is 101 Å². The molecule has 0 radical (unpaired) electrons. The number of hydrogen-bond acceptors (Lipinski definition) is 5. The van der Waals surface area contributed by atoms with Crippen LogP contribution in [0.15, 0.2) is 4.52 Å². The Kier molecular flexibility index (Phi) is 3.45. The van der Waals surface area contributed by atoms with Crippen LogP contribution in [0.1, 0.15) is 46.3 Å². The SMILES string of the molecule is Cc1nc(C(C)(C)NC(=O)OC(C)(C)C)no1. The molecule has 0 bridgehead atoms. The summed E-state index contributed by atoms with van der Waals surface area (Å²) in [5, 5.41) is 6.48. The van der Waals surface area contributed by atoms with Crippen LogP contribution in [0, 0.1) is 6.92 Å². The van der Waals surface area contributed by atoms with Gasteiger partial charge in [0, 0.05) is 6.92 Å². The molecule has 96 valence electrons. The van der Waals surface area contributed by atoms with Gasteiger partial charge < -0.3 is 14.6 Å². The van der Waals surface area contributed by atoms with Crippen LogP contribution in [0.25, 0.3) is 0 Å². The largest absolute Gasteiger partial charge is 0.444 e. The van der Waals surface area contributed by atoms with Gasteiger partial charge in [0.1, 0.15) is 11.1 Å². The monoisotopic (exact) mass is 241 g/mol. The molecule has 17 heavy (non-hydrogen) atoms. The Morgan fingerprint density at radius 1 is 1.29 bits per heavy atom. The van der Waals surface area contributed by atoms with E-state index >= 15 is 0 Å². The first-order valence-corrected chi connectivity index (χ1v) is 5.42. The number of carbonyl (C=O) groups is 1. The lowest BCUT2D eigenvalue weighted by molar-refractivity contribution is 0.0465. The minimum Gasteiger partial charge on any atom is -0.444 e. The summed E-state index contributed by atoms with van der Waals surface area (Å²) in [5.74, 6) is 0.875. The Morgan fingerprint density at radius 3 is 2.29 bits per heavy atom. The van der Waals surface area contributed by atoms with Crippen molar-refractivity contribution < 1.29 is 14.1 Å². The summed E-state index contributed by atoms with van der Waals surface area (Å²) in [6.45, 7) is 10.7. The van der Waals surface area contributed by atoms with Crippen molar-refractivity contribution in [2.24, 2.45) is 0 Å². The van der Waals surface area contributed by atoms with Crippen molar-refractivity contribution in [3.63, 3.8) is 0 Å². The summed E-state index contributed by atoms with van der Waals surface area (Å²) < 4.78 is 10.0. The molecule has 0 aromatic carbocycles. The van der Waals surface area contributed by atoms with Crippen molar-refractivity contribution in [3.8, 4) is 0 Å². The number of rotatable bonds is 2. The Morgan fingerprint density at radius 2 is 1.88 bits per heavy atom. The second kappa shape index (κ2) is 4.35. The maximum Gasteiger partial charge on any atom is 0.408 e. The summed E-state index contributed by atoms with van der Waals surface area (Å²) in [5.41, 5.74) is -1.27. The third kappa shape index (κ3) is 4.05. The van der Waals surface area contributed by atoms with Crippen molar-refractivity contribution in [2.75, 3.05) is 0 Å². The summed E-state index contributed by atoms with van der Waals surface area (Å²) in [4.78, 5) is 15.7. The van der Waals surface area contributed by atoms with Crippen molar-refractivity contribution in [3.05, 3.63) is 11.7 Å². The zero-order valence-corrected chi connectivity index (χ0v) is 11.1. The number of alkyl carbamates (subject to hydrolysis) is 1. The van der Waals surface area contributed by atoms with E-state index in [1.165, 1.54) is 0 Å². The molecule has 6 nitrogen and oxygen atoms in total. The molecule has 0 fully saturated rings. The molecule has 0 atom stereocenters. The molecule has 0 aliphatic carbocycles. The van der Waals surface area contributed by atoms with Crippen LogP contribution in [0.2, 0.25) is 0 Å². The molecule has 1 heterocycles. The van der Waals surface area contributed by atoms with Crippen molar-refractivity contribution in [1.82, 2.24) is 15.5 Å². The van der Waals surface area contributed by atoms with Gasteiger partial charge in [0.05, 0.1) is 0 Å². The smallest absolute Gasteiger partial charge is 0.408 e. The number of carbonyl (C=O) groups excluding carboxylic acids is 1. The molecular weight excluding hydrogens is 222 g/mol. The molecule has 1 amide bonds. The van der Waals surface area contributed by atoms with Gasteiger partial charge in [0.15, 0.2) is 5.82 Å². The number of aromatic nitrogens is 2. The second-order valence-electron chi connectivity index (χ2n) is 5.39. The summed E-state index contributed by atoms with van der Waals surface area (Å²) in [7, 11) is 0. The number of nitrogens with one attached hydrogen (secondary N) is 1. The van der Waals surface area contributed by atoms with E-state index in [0.717, 1.165) is 0 Å². The van der Waals surface area contributed by atoms with E-state index in [9.17, 15) is 4.79 Å². The molecule has 1 aromatic heterocycles. The van der Waals surface area contributed by atoms with Crippen LogP contribution in [-0.4, -0.2) is 21.8 Å². The first-order chi connectivity index (χ1) is 7.60. The highest BCUT2D eigenvalue weighted by Gasteiger charge is 2.30. The molecule has 0 aliphatic heterocycles. The van der Waals surface area contributed by atoms with E-state index in [4.69, 9.17) is 9.26 Å². The molecule has 6 heteroatoms. The van der Waals surface area contributed by atoms with Gasteiger partial charge in [-0.3, -0.25) is 0 Å². The molecule has 0 aliphatic rings. The minimum absolute atomic E-state index is 0.417. The predicted octanol–water partition coefficient (Wildman–Crippen LogP) is 2.14. The van der Waals surface area contributed by atoms with E-state index in [1.54, 1.807) is 41.5 Å². The third-order valence-corrected chi connectivity index (χ3v) is 1.90. The third-order valence-electron chi connectivity index (χ3n) is 1.90. The van der Waals surface area contributed by atoms with E-state index in [0.29, 0.717) is 11.7 Å². The van der Waals surface area contributed by atoms with Crippen LogP contribution in [0.3, 0.4) is 0 Å². The fraction of sp³-hybridized carbons (Fsp3) is 0.727. The summed E-state index contributed by atoms with van der Waals surface area (Å²) in [6, 6.07) is 0.